The van der Waals surface area contributed by atoms with Gasteiger partial charge in [-0.3, -0.25) is 0 Å². The standard InChI is InChI=1S/C11H6N2O4/c14-11(15)8-4-9(17-13-8)6-2-1-3-7-10(6)16-5-12-7/h1-5H,(H,14,15). The summed E-state index contributed by atoms with van der Waals surface area (Å²) in [6.07, 6.45) is 1.32. The van der Waals surface area contributed by atoms with Crippen LogP contribution in [-0.4, -0.2) is 21.2 Å². The number of fused-ring (bicyclic) bond motifs is 1. The maximum absolute atomic E-state index is 10.7. The third-order valence-electron chi connectivity index (χ3n) is 2.35. The second kappa shape index (κ2) is 3.44. The van der Waals surface area contributed by atoms with Gasteiger partial charge in [-0.1, -0.05) is 11.2 Å². The van der Waals surface area contributed by atoms with Crippen LogP contribution in [0.2, 0.25) is 0 Å². The Morgan fingerprint density at radius 1 is 1.35 bits per heavy atom. The number of hydrogen-bond acceptors (Lipinski definition) is 5. The van der Waals surface area contributed by atoms with Crippen molar-refractivity contribution in [1.29, 1.82) is 0 Å². The van der Waals surface area contributed by atoms with Gasteiger partial charge in [-0.2, -0.15) is 0 Å². The lowest BCUT2D eigenvalue weighted by Crippen LogP contribution is -1.94. The van der Waals surface area contributed by atoms with E-state index in [0.29, 0.717) is 22.4 Å². The van der Waals surface area contributed by atoms with Crippen LogP contribution in [0.3, 0.4) is 0 Å². The van der Waals surface area contributed by atoms with Gasteiger partial charge in [-0.15, -0.1) is 0 Å². The molecule has 0 spiro atoms. The number of carboxylic acid groups (broad SMARTS) is 1. The quantitative estimate of drug-likeness (QED) is 0.725. The third-order valence-corrected chi connectivity index (χ3v) is 2.35. The fourth-order valence-electron chi connectivity index (χ4n) is 1.58. The van der Waals surface area contributed by atoms with E-state index in [0.717, 1.165) is 0 Å². The Bertz CT molecular complexity index is 698. The predicted octanol–water partition coefficient (Wildman–Crippen LogP) is 2.18. The molecule has 3 aromatic rings. The first-order valence-corrected chi connectivity index (χ1v) is 4.78. The van der Waals surface area contributed by atoms with Gasteiger partial charge in [0.1, 0.15) is 5.52 Å². The number of aromatic nitrogens is 2. The summed E-state index contributed by atoms with van der Waals surface area (Å²) in [6.45, 7) is 0. The summed E-state index contributed by atoms with van der Waals surface area (Å²) in [5, 5.41) is 12.2. The lowest BCUT2D eigenvalue weighted by molar-refractivity contribution is 0.0686. The minimum atomic E-state index is -1.13. The lowest BCUT2D eigenvalue weighted by atomic mass is 10.1. The molecule has 6 heteroatoms. The predicted molar refractivity (Wildman–Crippen MR) is 56.5 cm³/mol. The molecule has 84 valence electrons. The molecule has 0 atom stereocenters. The van der Waals surface area contributed by atoms with E-state index in [-0.39, 0.29) is 5.69 Å². The van der Waals surface area contributed by atoms with Crippen LogP contribution in [0.1, 0.15) is 10.5 Å². The van der Waals surface area contributed by atoms with Crippen molar-refractivity contribution >= 4 is 17.1 Å². The molecule has 0 bridgehead atoms. The molecule has 0 radical (unpaired) electrons. The van der Waals surface area contributed by atoms with Crippen LogP contribution in [0, 0.1) is 0 Å². The molecule has 0 aliphatic heterocycles. The summed E-state index contributed by atoms with van der Waals surface area (Å²) in [5.41, 5.74) is 1.70. The summed E-state index contributed by atoms with van der Waals surface area (Å²) in [4.78, 5) is 14.7. The zero-order valence-corrected chi connectivity index (χ0v) is 8.45. The Morgan fingerprint density at radius 2 is 2.24 bits per heavy atom. The van der Waals surface area contributed by atoms with Crippen LogP contribution in [0.25, 0.3) is 22.4 Å². The number of carbonyl (C=O) groups is 1. The first kappa shape index (κ1) is 9.59. The second-order valence-corrected chi connectivity index (χ2v) is 3.39. The molecule has 17 heavy (non-hydrogen) atoms. The molecule has 1 aromatic carbocycles. The van der Waals surface area contributed by atoms with Gasteiger partial charge in [0.25, 0.3) is 0 Å². The van der Waals surface area contributed by atoms with Crippen LogP contribution < -0.4 is 0 Å². The number of para-hydroxylation sites is 1. The van der Waals surface area contributed by atoms with Crippen LogP contribution in [0.4, 0.5) is 0 Å². The fraction of sp³-hybridized carbons (Fsp3) is 0. The highest BCUT2D eigenvalue weighted by atomic mass is 16.5. The van der Waals surface area contributed by atoms with Crippen LogP contribution >= 0.6 is 0 Å². The van der Waals surface area contributed by atoms with Gasteiger partial charge in [0.15, 0.2) is 23.4 Å². The van der Waals surface area contributed by atoms with E-state index in [1.807, 2.05) is 0 Å². The molecule has 6 nitrogen and oxygen atoms in total. The molecule has 0 saturated carbocycles. The summed E-state index contributed by atoms with van der Waals surface area (Å²) in [6, 6.07) is 6.67. The molecule has 0 fully saturated rings. The van der Waals surface area contributed by atoms with Gasteiger partial charge in [0.05, 0.1) is 5.56 Å². The van der Waals surface area contributed by atoms with Gasteiger partial charge in [0, 0.05) is 6.07 Å². The van der Waals surface area contributed by atoms with E-state index >= 15 is 0 Å². The molecule has 0 amide bonds. The highest BCUT2D eigenvalue weighted by Gasteiger charge is 2.15. The SMILES string of the molecule is O=C(O)c1cc(-c2cccc3ncoc23)on1. The highest BCUT2D eigenvalue weighted by molar-refractivity contribution is 5.91. The molecule has 0 aliphatic rings. The van der Waals surface area contributed by atoms with Crippen LogP contribution in [0.15, 0.2) is 39.6 Å². The molecule has 0 saturated heterocycles. The second-order valence-electron chi connectivity index (χ2n) is 3.39. The number of carboxylic acids is 1. The molecule has 0 unspecified atom stereocenters. The molecule has 0 aliphatic carbocycles. The highest BCUT2D eigenvalue weighted by Crippen LogP contribution is 2.28. The Morgan fingerprint density at radius 3 is 3.00 bits per heavy atom. The van der Waals surface area contributed by atoms with Crippen LogP contribution in [0.5, 0.6) is 0 Å². The minimum Gasteiger partial charge on any atom is -0.476 e. The topological polar surface area (TPSA) is 89.4 Å². The maximum atomic E-state index is 10.7. The summed E-state index contributed by atoms with van der Waals surface area (Å²) < 4.78 is 10.2. The molecular weight excluding hydrogens is 224 g/mol. The number of rotatable bonds is 2. The Kier molecular flexibility index (Phi) is 1.94. The van der Waals surface area contributed by atoms with Gasteiger partial charge < -0.3 is 14.0 Å². The van der Waals surface area contributed by atoms with Gasteiger partial charge >= 0.3 is 5.97 Å². The largest absolute Gasteiger partial charge is 0.476 e. The Labute approximate surface area is 94.5 Å². The maximum Gasteiger partial charge on any atom is 0.358 e. The van der Waals surface area contributed by atoms with Crippen molar-refractivity contribution < 1.29 is 18.8 Å². The van der Waals surface area contributed by atoms with Gasteiger partial charge in [-0.05, 0) is 12.1 Å². The van der Waals surface area contributed by atoms with Crippen molar-refractivity contribution in [3.05, 3.63) is 36.4 Å². The zero-order chi connectivity index (χ0) is 11.8. The molecule has 1 N–H and O–H groups in total. The summed E-state index contributed by atoms with van der Waals surface area (Å²) >= 11 is 0. The van der Waals surface area contributed by atoms with E-state index in [1.165, 1.54) is 12.5 Å². The summed E-state index contributed by atoms with van der Waals surface area (Å²) in [7, 11) is 0. The number of benzene rings is 1. The zero-order valence-electron chi connectivity index (χ0n) is 8.45. The normalized spacial score (nSPS) is 10.8. The van der Waals surface area contributed by atoms with Crippen LogP contribution in [-0.2, 0) is 0 Å². The van der Waals surface area contributed by atoms with Gasteiger partial charge in [-0.25, -0.2) is 9.78 Å². The number of aromatic carboxylic acids is 1. The van der Waals surface area contributed by atoms with Crippen molar-refractivity contribution in [2.75, 3.05) is 0 Å². The van der Waals surface area contributed by atoms with Gasteiger partial charge in [0.2, 0.25) is 0 Å². The van der Waals surface area contributed by atoms with Crippen molar-refractivity contribution in [2.45, 2.75) is 0 Å². The van der Waals surface area contributed by atoms with E-state index in [4.69, 9.17) is 14.0 Å². The molecule has 2 heterocycles. The minimum absolute atomic E-state index is 0.142. The number of nitrogens with zero attached hydrogens (tertiary/aromatic N) is 2. The van der Waals surface area contributed by atoms with Crippen molar-refractivity contribution in [3.63, 3.8) is 0 Å². The lowest BCUT2D eigenvalue weighted by Gasteiger charge is -1.94. The van der Waals surface area contributed by atoms with Crippen molar-refractivity contribution in [2.24, 2.45) is 0 Å². The molecular formula is C11H6N2O4. The Hall–Kier alpha value is -2.63. The number of oxazole rings is 1. The monoisotopic (exact) mass is 230 g/mol. The van der Waals surface area contributed by atoms with E-state index in [1.54, 1.807) is 18.2 Å². The van der Waals surface area contributed by atoms with E-state index in [9.17, 15) is 4.79 Å². The molecule has 2 aromatic heterocycles. The Balaban J connectivity index is 2.19. The first-order chi connectivity index (χ1) is 8.25. The number of hydrogen-bond donors (Lipinski definition) is 1. The smallest absolute Gasteiger partial charge is 0.358 e. The first-order valence-electron chi connectivity index (χ1n) is 4.78. The summed E-state index contributed by atoms with van der Waals surface area (Å²) in [5.74, 6) is -0.797. The van der Waals surface area contributed by atoms with E-state index in [2.05, 4.69) is 10.1 Å². The van der Waals surface area contributed by atoms with Crippen molar-refractivity contribution in [1.82, 2.24) is 10.1 Å². The molecule has 3 rings (SSSR count). The average Bonchev–Trinajstić information content (AvgIpc) is 2.97. The third kappa shape index (κ3) is 1.46. The van der Waals surface area contributed by atoms with Crippen molar-refractivity contribution in [3.8, 4) is 11.3 Å². The average molecular weight is 230 g/mol. The fourth-order valence-corrected chi connectivity index (χ4v) is 1.58. The van der Waals surface area contributed by atoms with E-state index < -0.39 is 5.97 Å².